The highest BCUT2D eigenvalue weighted by Gasteiger charge is 2.32. The second-order valence-electron chi connectivity index (χ2n) is 5.00. The minimum absolute atomic E-state index is 0.0187. The van der Waals surface area contributed by atoms with Gasteiger partial charge in [0.15, 0.2) is 5.76 Å². The van der Waals surface area contributed by atoms with Crippen LogP contribution in [-0.2, 0) is 11.2 Å². The van der Waals surface area contributed by atoms with Crippen molar-refractivity contribution in [2.75, 3.05) is 26.8 Å². The first kappa shape index (κ1) is 14.8. The van der Waals surface area contributed by atoms with Gasteiger partial charge in [-0.05, 0) is 25.7 Å². The molecule has 1 aliphatic rings. The van der Waals surface area contributed by atoms with Crippen molar-refractivity contribution in [3.63, 3.8) is 0 Å². The maximum Gasteiger partial charge on any atom is 0.318 e. The zero-order valence-electron chi connectivity index (χ0n) is 12.2. The van der Waals surface area contributed by atoms with Crippen molar-refractivity contribution in [2.24, 2.45) is 0 Å². The highest BCUT2D eigenvalue weighted by molar-refractivity contribution is 5.74. The number of rotatable bonds is 6. The molecule has 112 valence electrons. The third kappa shape index (κ3) is 3.50. The average molecular weight is 281 g/mol. The summed E-state index contributed by atoms with van der Waals surface area (Å²) in [6.07, 6.45) is 3.60. The Morgan fingerprint density at radius 3 is 3.20 bits per heavy atom. The summed E-state index contributed by atoms with van der Waals surface area (Å²) in [6.45, 7) is 4.09. The van der Waals surface area contributed by atoms with Crippen molar-refractivity contribution < 1.29 is 14.1 Å². The van der Waals surface area contributed by atoms with Gasteiger partial charge in [-0.25, -0.2) is 4.79 Å². The van der Waals surface area contributed by atoms with Gasteiger partial charge < -0.3 is 19.5 Å². The molecule has 0 spiro atoms. The smallest absolute Gasteiger partial charge is 0.318 e. The highest BCUT2D eigenvalue weighted by atomic mass is 16.5. The van der Waals surface area contributed by atoms with E-state index in [1.165, 1.54) is 0 Å². The zero-order valence-corrected chi connectivity index (χ0v) is 12.2. The standard InChI is InChI=1S/C14H23N3O3/c1-3-11-10-13(20-16-11)12-6-4-8-17(12)14(18)15-7-5-9-19-2/h10,12H,3-9H2,1-2H3,(H,15,18)/t12-/m0/s1. The monoisotopic (exact) mass is 281 g/mol. The maximum atomic E-state index is 12.2. The van der Waals surface area contributed by atoms with Crippen LogP contribution in [0.2, 0.25) is 0 Å². The number of carbonyl (C=O) groups is 1. The zero-order chi connectivity index (χ0) is 14.4. The van der Waals surface area contributed by atoms with E-state index < -0.39 is 0 Å². The number of urea groups is 1. The summed E-state index contributed by atoms with van der Waals surface area (Å²) in [5.41, 5.74) is 0.937. The van der Waals surface area contributed by atoms with Crippen LogP contribution < -0.4 is 5.32 Å². The molecule has 20 heavy (non-hydrogen) atoms. The van der Waals surface area contributed by atoms with E-state index in [0.29, 0.717) is 13.2 Å². The van der Waals surface area contributed by atoms with Crippen molar-refractivity contribution in [1.82, 2.24) is 15.4 Å². The summed E-state index contributed by atoms with van der Waals surface area (Å²) in [4.78, 5) is 14.0. The van der Waals surface area contributed by atoms with E-state index in [4.69, 9.17) is 9.26 Å². The van der Waals surface area contributed by atoms with Gasteiger partial charge in [0.25, 0.3) is 0 Å². The minimum atomic E-state index is -0.0296. The first-order valence-electron chi connectivity index (χ1n) is 7.25. The Morgan fingerprint density at radius 2 is 2.50 bits per heavy atom. The van der Waals surface area contributed by atoms with E-state index in [-0.39, 0.29) is 12.1 Å². The normalized spacial score (nSPS) is 18.5. The average Bonchev–Trinajstić information content (AvgIpc) is 3.10. The number of nitrogens with zero attached hydrogens (tertiary/aromatic N) is 2. The van der Waals surface area contributed by atoms with Gasteiger partial charge in [0, 0.05) is 32.9 Å². The SMILES string of the molecule is CCc1cc([C@@H]2CCCN2C(=O)NCCCOC)on1. The molecule has 0 bridgehead atoms. The summed E-state index contributed by atoms with van der Waals surface area (Å²) < 4.78 is 10.3. The van der Waals surface area contributed by atoms with E-state index in [1.54, 1.807) is 7.11 Å². The lowest BCUT2D eigenvalue weighted by molar-refractivity contribution is 0.176. The molecular weight excluding hydrogens is 258 g/mol. The Hall–Kier alpha value is -1.56. The molecule has 1 aromatic rings. The van der Waals surface area contributed by atoms with Crippen LogP contribution in [0.1, 0.15) is 43.7 Å². The number of aryl methyl sites for hydroxylation is 1. The summed E-state index contributed by atoms with van der Waals surface area (Å²) in [6, 6.07) is 1.95. The Balaban J connectivity index is 1.91. The summed E-state index contributed by atoms with van der Waals surface area (Å²) >= 11 is 0. The molecule has 6 nitrogen and oxygen atoms in total. The second-order valence-corrected chi connectivity index (χ2v) is 5.00. The number of aromatic nitrogens is 1. The number of carbonyl (C=O) groups excluding carboxylic acids is 1. The number of likely N-dealkylation sites (tertiary alicyclic amines) is 1. The fourth-order valence-corrected chi connectivity index (χ4v) is 2.47. The van der Waals surface area contributed by atoms with E-state index in [1.807, 2.05) is 17.9 Å². The number of methoxy groups -OCH3 is 1. The van der Waals surface area contributed by atoms with E-state index in [2.05, 4.69) is 10.5 Å². The molecule has 0 radical (unpaired) electrons. The summed E-state index contributed by atoms with van der Waals surface area (Å²) in [5, 5.41) is 6.93. The largest absolute Gasteiger partial charge is 0.385 e. The molecule has 1 aromatic heterocycles. The molecule has 1 aliphatic heterocycles. The van der Waals surface area contributed by atoms with Crippen LogP contribution in [-0.4, -0.2) is 42.9 Å². The molecule has 2 heterocycles. The third-order valence-electron chi connectivity index (χ3n) is 3.58. The molecule has 0 aromatic carbocycles. The lowest BCUT2D eigenvalue weighted by Gasteiger charge is -2.23. The van der Waals surface area contributed by atoms with Crippen molar-refractivity contribution in [3.8, 4) is 0 Å². The Morgan fingerprint density at radius 1 is 1.65 bits per heavy atom. The summed E-state index contributed by atoms with van der Waals surface area (Å²) in [5.74, 6) is 0.798. The molecule has 0 saturated carbocycles. The number of hydrogen-bond acceptors (Lipinski definition) is 4. The predicted octanol–water partition coefficient (Wildman–Crippen LogP) is 2.12. The number of nitrogens with one attached hydrogen (secondary N) is 1. The molecule has 2 amide bonds. The van der Waals surface area contributed by atoms with Gasteiger partial charge in [-0.3, -0.25) is 0 Å². The van der Waals surface area contributed by atoms with Gasteiger partial charge >= 0.3 is 6.03 Å². The van der Waals surface area contributed by atoms with Crippen LogP contribution in [0.4, 0.5) is 4.79 Å². The number of hydrogen-bond donors (Lipinski definition) is 1. The molecule has 2 rings (SSSR count). The van der Waals surface area contributed by atoms with E-state index in [0.717, 1.165) is 43.7 Å². The molecule has 0 unspecified atom stereocenters. The number of ether oxygens (including phenoxy) is 1. The fraction of sp³-hybridized carbons (Fsp3) is 0.714. The quantitative estimate of drug-likeness (QED) is 0.811. The molecule has 6 heteroatoms. The predicted molar refractivity (Wildman–Crippen MR) is 74.5 cm³/mol. The molecular formula is C14H23N3O3. The van der Waals surface area contributed by atoms with Gasteiger partial charge in [-0.15, -0.1) is 0 Å². The topological polar surface area (TPSA) is 67.6 Å². The van der Waals surface area contributed by atoms with Gasteiger partial charge in [0.2, 0.25) is 0 Å². The Labute approximate surface area is 119 Å². The first-order valence-corrected chi connectivity index (χ1v) is 7.25. The lowest BCUT2D eigenvalue weighted by Crippen LogP contribution is -2.40. The minimum Gasteiger partial charge on any atom is -0.385 e. The molecule has 0 aliphatic carbocycles. The molecule has 1 fully saturated rings. The fourth-order valence-electron chi connectivity index (χ4n) is 2.47. The molecule has 1 N–H and O–H groups in total. The van der Waals surface area contributed by atoms with Crippen LogP contribution in [0.15, 0.2) is 10.6 Å². The molecule has 1 atom stereocenters. The van der Waals surface area contributed by atoms with Gasteiger partial charge in [0.05, 0.1) is 11.7 Å². The van der Waals surface area contributed by atoms with Gasteiger partial charge in [-0.1, -0.05) is 12.1 Å². The van der Waals surface area contributed by atoms with Crippen LogP contribution in [0.5, 0.6) is 0 Å². The van der Waals surface area contributed by atoms with Crippen molar-refractivity contribution in [3.05, 3.63) is 17.5 Å². The number of amides is 2. The van der Waals surface area contributed by atoms with E-state index >= 15 is 0 Å². The highest BCUT2D eigenvalue weighted by Crippen LogP contribution is 2.32. The first-order chi connectivity index (χ1) is 9.76. The van der Waals surface area contributed by atoms with Crippen LogP contribution in [0.25, 0.3) is 0 Å². The lowest BCUT2D eigenvalue weighted by atomic mass is 10.1. The van der Waals surface area contributed by atoms with Crippen molar-refractivity contribution >= 4 is 6.03 Å². The van der Waals surface area contributed by atoms with E-state index in [9.17, 15) is 4.79 Å². The van der Waals surface area contributed by atoms with Crippen molar-refractivity contribution in [2.45, 2.75) is 38.6 Å². The van der Waals surface area contributed by atoms with Gasteiger partial charge in [0.1, 0.15) is 0 Å². The Bertz CT molecular complexity index is 433. The molecule has 1 saturated heterocycles. The van der Waals surface area contributed by atoms with Crippen LogP contribution in [0.3, 0.4) is 0 Å². The van der Waals surface area contributed by atoms with Crippen LogP contribution in [0, 0.1) is 0 Å². The van der Waals surface area contributed by atoms with Crippen LogP contribution >= 0.6 is 0 Å². The maximum absolute atomic E-state index is 12.2. The van der Waals surface area contributed by atoms with Gasteiger partial charge in [-0.2, -0.15) is 0 Å². The third-order valence-corrected chi connectivity index (χ3v) is 3.58. The summed E-state index contributed by atoms with van der Waals surface area (Å²) in [7, 11) is 1.66. The second kappa shape index (κ2) is 7.28. The van der Waals surface area contributed by atoms with Crippen molar-refractivity contribution in [1.29, 1.82) is 0 Å². The Kier molecular flexibility index (Phi) is 5.40.